The molecule has 1 rings (SSSR count). The Hall–Kier alpha value is -0.180. The Morgan fingerprint density at radius 3 is 2.20 bits per heavy atom. The molecule has 0 unspecified atom stereocenters. The summed E-state index contributed by atoms with van der Waals surface area (Å²) in [6.07, 6.45) is 0. The van der Waals surface area contributed by atoms with Gasteiger partial charge in [0.05, 0.1) is 9.82 Å². The first-order chi connectivity index (χ1) is 6.32. The van der Waals surface area contributed by atoms with Gasteiger partial charge in [-0.1, -0.05) is 11.6 Å². The Labute approximate surface area is 112 Å². The quantitative estimate of drug-likeness (QED) is 0.269. The molecular weight excluding hydrogens is 257 g/mol. The maximum atomic E-state index is 10.5. The second-order valence-electron chi connectivity index (χ2n) is 2.32. The van der Waals surface area contributed by atoms with Crippen LogP contribution in [0.2, 0.25) is 5.02 Å². The van der Waals surface area contributed by atoms with E-state index in [9.17, 15) is 23.1 Å². The van der Waals surface area contributed by atoms with Crippen molar-refractivity contribution in [1.82, 2.24) is 0 Å². The van der Waals surface area contributed by atoms with Gasteiger partial charge in [-0.3, -0.25) is 10.1 Å². The monoisotopic (exact) mass is 259 g/mol. The van der Waals surface area contributed by atoms with E-state index in [1.165, 1.54) is 0 Å². The summed E-state index contributed by atoms with van der Waals surface area (Å²) in [4.78, 5) is 8.91. The van der Waals surface area contributed by atoms with Crippen molar-refractivity contribution < 1.29 is 47.5 Å². The first-order valence-corrected chi connectivity index (χ1v) is 5.01. The van der Waals surface area contributed by atoms with E-state index in [2.05, 4.69) is 0 Å². The fraction of sp³-hybridized carbons (Fsp3) is 0. The summed E-state index contributed by atoms with van der Waals surface area (Å²) < 4.78 is 31.4. The number of hydrogen-bond acceptors (Lipinski definition) is 5. The zero-order valence-electron chi connectivity index (χ0n) is 7.51. The third kappa shape index (κ3) is 3.71. The van der Waals surface area contributed by atoms with Crippen LogP contribution in [0.15, 0.2) is 23.1 Å². The van der Waals surface area contributed by atoms with Crippen LogP contribution in [0.4, 0.5) is 5.69 Å². The second-order valence-corrected chi connectivity index (χ2v) is 4.11. The first kappa shape index (κ1) is 14.8. The van der Waals surface area contributed by atoms with E-state index in [0.717, 1.165) is 18.2 Å². The maximum absolute atomic E-state index is 10.5. The van der Waals surface area contributed by atoms with Crippen molar-refractivity contribution in [3.8, 4) is 0 Å². The minimum absolute atomic E-state index is 0. The average molecular weight is 260 g/mol. The van der Waals surface area contributed by atoms with Crippen molar-refractivity contribution >= 4 is 27.4 Å². The second kappa shape index (κ2) is 5.24. The largest absolute Gasteiger partial charge is 1.00 e. The minimum atomic E-state index is -4.62. The van der Waals surface area contributed by atoms with Gasteiger partial charge < -0.3 is 4.55 Å². The fourth-order valence-corrected chi connectivity index (χ4v) is 1.60. The molecule has 0 saturated carbocycles. The van der Waals surface area contributed by atoms with E-state index >= 15 is 0 Å². The first-order valence-electron chi connectivity index (χ1n) is 3.22. The van der Waals surface area contributed by atoms with Crippen molar-refractivity contribution in [3.05, 3.63) is 33.3 Å². The molecule has 1 aromatic carbocycles. The molecule has 0 N–H and O–H groups in total. The molecule has 0 fully saturated rings. The van der Waals surface area contributed by atoms with Gasteiger partial charge in [0, 0.05) is 6.07 Å². The summed E-state index contributed by atoms with van der Waals surface area (Å²) in [7, 11) is -4.62. The molecule has 9 heteroatoms. The Bertz CT molecular complexity index is 488. The molecule has 6 nitrogen and oxygen atoms in total. The van der Waals surface area contributed by atoms with Gasteiger partial charge in [0.1, 0.15) is 15.1 Å². The Morgan fingerprint density at radius 2 is 1.87 bits per heavy atom. The molecule has 15 heavy (non-hydrogen) atoms. The summed E-state index contributed by atoms with van der Waals surface area (Å²) in [6.45, 7) is 0. The van der Waals surface area contributed by atoms with Gasteiger partial charge in [0.25, 0.3) is 5.69 Å². The zero-order chi connectivity index (χ0) is 10.9. The number of hydrogen-bond donors (Lipinski definition) is 0. The zero-order valence-corrected chi connectivity index (χ0v) is 11.1. The summed E-state index contributed by atoms with van der Waals surface area (Å²) in [5, 5.41) is 9.89. The van der Waals surface area contributed by atoms with Crippen LogP contribution >= 0.6 is 11.6 Å². The van der Waals surface area contributed by atoms with Crippen molar-refractivity contribution in [3.63, 3.8) is 0 Å². The van der Waals surface area contributed by atoms with E-state index in [1.807, 2.05) is 0 Å². The van der Waals surface area contributed by atoms with Crippen LogP contribution in [0, 0.1) is 10.1 Å². The number of nitro benzene ring substituents is 1. The third-order valence-electron chi connectivity index (χ3n) is 1.40. The Morgan fingerprint density at radius 1 is 1.33 bits per heavy atom. The summed E-state index contributed by atoms with van der Waals surface area (Å²) in [5.41, 5.74) is -0.445. The molecule has 0 aliphatic heterocycles. The Kier molecular flexibility index (Phi) is 5.18. The molecule has 0 aromatic heterocycles. The number of nitrogens with zero attached hydrogens (tertiary/aromatic N) is 1. The van der Waals surface area contributed by atoms with Crippen LogP contribution in [0.1, 0.15) is 0 Å². The van der Waals surface area contributed by atoms with Crippen molar-refractivity contribution in [2.24, 2.45) is 0 Å². The molecule has 0 atom stereocenters. The SMILES string of the molecule is O=[N+]([O-])c1ccc(S(=O)(=O)[O-])cc1Cl.[Na+]. The van der Waals surface area contributed by atoms with E-state index in [0.29, 0.717) is 0 Å². The van der Waals surface area contributed by atoms with Crippen LogP contribution in [-0.2, 0) is 10.1 Å². The molecule has 0 radical (unpaired) electrons. The molecular formula is C6H3ClNNaO5S. The topological polar surface area (TPSA) is 100 Å². The molecule has 0 heterocycles. The van der Waals surface area contributed by atoms with Gasteiger partial charge in [-0.15, -0.1) is 0 Å². The third-order valence-corrected chi connectivity index (χ3v) is 2.54. The van der Waals surface area contributed by atoms with E-state index in [1.54, 1.807) is 0 Å². The summed E-state index contributed by atoms with van der Waals surface area (Å²) in [5.74, 6) is 0. The van der Waals surface area contributed by atoms with Gasteiger partial charge >= 0.3 is 29.6 Å². The van der Waals surface area contributed by atoms with Crippen LogP contribution in [0.5, 0.6) is 0 Å². The molecule has 0 bridgehead atoms. The minimum Gasteiger partial charge on any atom is -0.744 e. The van der Waals surface area contributed by atoms with Crippen molar-refractivity contribution in [2.75, 3.05) is 0 Å². The average Bonchev–Trinajstić information content (AvgIpc) is 2.01. The predicted octanol–water partition coefficient (Wildman–Crippen LogP) is -1.84. The number of rotatable bonds is 2. The van der Waals surface area contributed by atoms with Crippen molar-refractivity contribution in [2.45, 2.75) is 4.90 Å². The molecule has 0 saturated heterocycles. The number of halogens is 1. The van der Waals surface area contributed by atoms with Crippen LogP contribution in [0.25, 0.3) is 0 Å². The van der Waals surface area contributed by atoms with E-state index in [-0.39, 0.29) is 34.6 Å². The van der Waals surface area contributed by atoms with Crippen LogP contribution < -0.4 is 29.6 Å². The smallest absolute Gasteiger partial charge is 0.744 e. The molecule has 0 aliphatic rings. The van der Waals surface area contributed by atoms with Gasteiger partial charge in [0.2, 0.25) is 0 Å². The normalized spacial score (nSPS) is 10.5. The van der Waals surface area contributed by atoms with Crippen LogP contribution in [-0.4, -0.2) is 17.9 Å². The molecule has 0 spiro atoms. The maximum Gasteiger partial charge on any atom is 1.00 e. The summed E-state index contributed by atoms with van der Waals surface area (Å²) in [6, 6.07) is 2.46. The molecule has 0 amide bonds. The van der Waals surface area contributed by atoms with Gasteiger partial charge in [-0.05, 0) is 12.1 Å². The predicted molar refractivity (Wildman–Crippen MR) is 46.1 cm³/mol. The molecule has 76 valence electrons. The van der Waals surface area contributed by atoms with Crippen molar-refractivity contribution in [1.29, 1.82) is 0 Å². The van der Waals surface area contributed by atoms with Crippen LogP contribution in [0.3, 0.4) is 0 Å². The summed E-state index contributed by atoms with van der Waals surface area (Å²) >= 11 is 5.39. The van der Waals surface area contributed by atoms with E-state index < -0.39 is 25.6 Å². The fourth-order valence-electron chi connectivity index (χ4n) is 0.791. The van der Waals surface area contributed by atoms with Gasteiger partial charge in [-0.25, -0.2) is 8.42 Å². The molecule has 0 aliphatic carbocycles. The van der Waals surface area contributed by atoms with Gasteiger partial charge in [0.15, 0.2) is 0 Å². The number of nitro groups is 1. The van der Waals surface area contributed by atoms with Gasteiger partial charge in [-0.2, -0.15) is 0 Å². The Balaban J connectivity index is 0.00000196. The molecule has 1 aromatic rings. The standard InChI is InChI=1S/C6H4ClNO5S.Na/c7-5-3-4(14(11,12)13)1-2-6(5)8(9)10;/h1-3H,(H,11,12,13);/q;+1/p-1. The van der Waals surface area contributed by atoms with E-state index in [4.69, 9.17) is 11.6 Å². The number of benzene rings is 1.